The van der Waals surface area contributed by atoms with Crippen LogP contribution in [-0.2, 0) is 11.3 Å². The molecule has 10 nitrogen and oxygen atoms in total. The van der Waals surface area contributed by atoms with Crippen LogP contribution in [0.4, 0.5) is 0 Å². The second kappa shape index (κ2) is 11.9. The van der Waals surface area contributed by atoms with Crippen LogP contribution in [0.25, 0.3) is 21.7 Å². The average Bonchev–Trinajstić information content (AvgIpc) is 3.32. The van der Waals surface area contributed by atoms with Gasteiger partial charge in [-0.05, 0) is 47.5 Å². The molecule has 0 fully saturated rings. The van der Waals surface area contributed by atoms with Gasteiger partial charge < -0.3 is 40.2 Å². The highest BCUT2D eigenvalue weighted by molar-refractivity contribution is 6.07. The Kier molecular flexibility index (Phi) is 8.62. The number of rotatable bonds is 11. The number of nitrogens with one attached hydrogen (secondary N) is 1. The molecule has 3 aromatic carbocycles. The number of hydrogen-bond acceptors (Lipinski definition) is 8. The van der Waals surface area contributed by atoms with Gasteiger partial charge in [0, 0.05) is 23.6 Å². The molecule has 4 aromatic rings. The first-order valence-electron chi connectivity index (χ1n) is 12.4. The molecule has 0 aliphatic heterocycles. The van der Waals surface area contributed by atoms with Gasteiger partial charge in [0.25, 0.3) is 5.91 Å². The van der Waals surface area contributed by atoms with E-state index in [1.807, 2.05) is 41.0 Å². The molecule has 0 radical (unpaired) electrons. The standard InChI is InChI=1S/C29H31N3O7/c1-29(17-35,28(38)39-26(16-34)25(36)15-33)31-27(37)23-14-32(24-9-7-18(12-30)11-22(23)24)13-19-6-8-20-4-2-3-5-21(20)10-19/h2-11,14,25-26,28,33-36,38H,13,15-17H2,1H3,(H,31,37)/t25-,26+,28?,29-/m0/s1. The molecule has 39 heavy (non-hydrogen) atoms. The molecule has 1 heterocycles. The second-order valence-electron chi connectivity index (χ2n) is 9.69. The zero-order valence-corrected chi connectivity index (χ0v) is 21.4. The van der Waals surface area contributed by atoms with E-state index >= 15 is 0 Å². The number of nitrogens with zero attached hydrogens (tertiary/aromatic N) is 2. The first-order valence-corrected chi connectivity index (χ1v) is 12.4. The number of carbonyl (C=O) groups excluding carboxylic acids is 1. The number of aliphatic hydroxyl groups is 5. The zero-order valence-electron chi connectivity index (χ0n) is 21.4. The summed E-state index contributed by atoms with van der Waals surface area (Å²) in [6, 6.07) is 21.2. The number of carbonyl (C=O) groups is 1. The molecule has 204 valence electrons. The second-order valence-corrected chi connectivity index (χ2v) is 9.69. The van der Waals surface area contributed by atoms with Gasteiger partial charge in [-0.2, -0.15) is 5.26 Å². The van der Waals surface area contributed by atoms with E-state index in [9.17, 15) is 30.5 Å². The van der Waals surface area contributed by atoms with E-state index in [2.05, 4.69) is 17.5 Å². The van der Waals surface area contributed by atoms with Gasteiger partial charge in [-0.15, -0.1) is 0 Å². The predicted octanol–water partition coefficient (Wildman–Crippen LogP) is 1.24. The van der Waals surface area contributed by atoms with Gasteiger partial charge in [-0.1, -0.05) is 36.4 Å². The van der Waals surface area contributed by atoms with Crippen molar-refractivity contribution in [3.8, 4) is 6.07 Å². The molecule has 10 heteroatoms. The summed E-state index contributed by atoms with van der Waals surface area (Å²) in [7, 11) is 0. The largest absolute Gasteiger partial charge is 0.394 e. The number of aliphatic hydroxyl groups excluding tert-OH is 5. The van der Waals surface area contributed by atoms with Crippen molar-refractivity contribution in [3.05, 3.63) is 83.6 Å². The van der Waals surface area contributed by atoms with Gasteiger partial charge in [-0.3, -0.25) is 4.79 Å². The van der Waals surface area contributed by atoms with Crippen LogP contribution in [0.15, 0.2) is 66.9 Å². The highest BCUT2D eigenvalue weighted by Gasteiger charge is 2.38. The number of fused-ring (bicyclic) bond motifs is 2. The van der Waals surface area contributed by atoms with Crippen molar-refractivity contribution in [2.24, 2.45) is 0 Å². The van der Waals surface area contributed by atoms with Crippen LogP contribution in [0.2, 0.25) is 0 Å². The molecule has 1 unspecified atom stereocenters. The van der Waals surface area contributed by atoms with E-state index in [4.69, 9.17) is 9.84 Å². The Labute approximate surface area is 224 Å². The molecule has 0 aliphatic carbocycles. The topological polar surface area (TPSA) is 168 Å². The Morgan fingerprint density at radius 3 is 2.46 bits per heavy atom. The lowest BCUT2D eigenvalue weighted by molar-refractivity contribution is -0.213. The number of nitriles is 1. The maximum Gasteiger partial charge on any atom is 0.254 e. The Hall–Kier alpha value is -3.82. The molecule has 1 amide bonds. The average molecular weight is 534 g/mol. The van der Waals surface area contributed by atoms with Crippen LogP contribution in [0.5, 0.6) is 0 Å². The smallest absolute Gasteiger partial charge is 0.254 e. The first-order chi connectivity index (χ1) is 18.7. The first kappa shape index (κ1) is 28.2. The maximum atomic E-state index is 13.5. The Balaban J connectivity index is 1.66. The van der Waals surface area contributed by atoms with Crippen molar-refractivity contribution in [1.82, 2.24) is 9.88 Å². The Morgan fingerprint density at radius 1 is 1.05 bits per heavy atom. The van der Waals surface area contributed by atoms with Gasteiger partial charge >= 0.3 is 0 Å². The number of aromatic nitrogens is 1. The maximum absolute atomic E-state index is 13.5. The third kappa shape index (κ3) is 5.94. The molecular weight excluding hydrogens is 502 g/mol. The van der Waals surface area contributed by atoms with Crippen molar-refractivity contribution >= 4 is 27.6 Å². The summed E-state index contributed by atoms with van der Waals surface area (Å²) in [4.78, 5) is 13.5. The number of hydrogen-bond donors (Lipinski definition) is 6. The summed E-state index contributed by atoms with van der Waals surface area (Å²) < 4.78 is 7.15. The molecule has 0 spiro atoms. The summed E-state index contributed by atoms with van der Waals surface area (Å²) in [6.45, 7) is -0.400. The van der Waals surface area contributed by atoms with Gasteiger partial charge in [-0.25, -0.2) is 0 Å². The zero-order chi connectivity index (χ0) is 28.2. The molecule has 4 atom stereocenters. The SMILES string of the molecule is C[C@@](CO)(NC(=O)c1cn(Cc2ccc3ccccc3c2)c2ccc(C#N)cc12)C(O)O[C@H](CO)[C@@H](O)CO. The van der Waals surface area contributed by atoms with E-state index in [0.29, 0.717) is 23.0 Å². The fourth-order valence-electron chi connectivity index (χ4n) is 4.41. The molecule has 0 saturated heterocycles. The molecule has 0 bridgehead atoms. The van der Waals surface area contributed by atoms with E-state index < -0.39 is 49.8 Å². The fourth-order valence-corrected chi connectivity index (χ4v) is 4.41. The third-order valence-corrected chi connectivity index (χ3v) is 6.79. The van der Waals surface area contributed by atoms with Gasteiger partial charge in [0.1, 0.15) is 17.7 Å². The molecule has 4 rings (SSSR count). The molecule has 0 aliphatic rings. The highest BCUT2D eigenvalue weighted by atomic mass is 16.6. The highest BCUT2D eigenvalue weighted by Crippen LogP contribution is 2.26. The lowest BCUT2D eigenvalue weighted by Crippen LogP contribution is -2.59. The molecular formula is C29H31N3O7. The van der Waals surface area contributed by atoms with Crippen molar-refractivity contribution in [2.45, 2.75) is 37.5 Å². The van der Waals surface area contributed by atoms with Crippen molar-refractivity contribution in [3.63, 3.8) is 0 Å². The monoisotopic (exact) mass is 533 g/mol. The number of ether oxygens (including phenoxy) is 1. The predicted molar refractivity (Wildman–Crippen MR) is 144 cm³/mol. The Bertz CT molecular complexity index is 1510. The van der Waals surface area contributed by atoms with Crippen molar-refractivity contribution in [1.29, 1.82) is 5.26 Å². The minimum Gasteiger partial charge on any atom is -0.394 e. The third-order valence-electron chi connectivity index (χ3n) is 6.79. The van der Waals surface area contributed by atoms with E-state index in [-0.39, 0.29) is 5.56 Å². The van der Waals surface area contributed by atoms with Crippen LogP contribution in [0.3, 0.4) is 0 Å². The quantitative estimate of drug-likeness (QED) is 0.157. The minimum absolute atomic E-state index is 0.212. The van der Waals surface area contributed by atoms with Crippen LogP contribution in [0, 0.1) is 11.3 Å². The summed E-state index contributed by atoms with van der Waals surface area (Å²) in [6.07, 6.45) is -3.03. The van der Waals surface area contributed by atoms with E-state index in [1.54, 1.807) is 24.4 Å². The van der Waals surface area contributed by atoms with Crippen LogP contribution < -0.4 is 5.32 Å². The summed E-state index contributed by atoms with van der Waals surface area (Å²) >= 11 is 0. The number of amides is 1. The van der Waals surface area contributed by atoms with E-state index in [1.165, 1.54) is 6.92 Å². The van der Waals surface area contributed by atoms with Crippen molar-refractivity contribution in [2.75, 3.05) is 19.8 Å². The lowest BCUT2D eigenvalue weighted by atomic mass is 10.0. The van der Waals surface area contributed by atoms with E-state index in [0.717, 1.165) is 16.3 Å². The van der Waals surface area contributed by atoms with Crippen LogP contribution >= 0.6 is 0 Å². The molecule has 1 aromatic heterocycles. The summed E-state index contributed by atoms with van der Waals surface area (Å²) in [5.41, 5.74) is 0.546. The Morgan fingerprint density at radius 2 is 1.79 bits per heavy atom. The van der Waals surface area contributed by atoms with Crippen molar-refractivity contribution < 1.29 is 35.1 Å². The molecule has 6 N–H and O–H groups in total. The minimum atomic E-state index is -1.84. The summed E-state index contributed by atoms with van der Waals surface area (Å²) in [5, 5.41) is 63.8. The van der Waals surface area contributed by atoms with Crippen LogP contribution in [-0.4, -0.2) is 79.9 Å². The van der Waals surface area contributed by atoms with Gasteiger partial charge in [0.05, 0.1) is 37.0 Å². The van der Waals surface area contributed by atoms with Gasteiger partial charge in [0.2, 0.25) is 0 Å². The fraction of sp³-hybridized carbons (Fsp3) is 0.310. The normalized spacial score (nSPS) is 15.4. The van der Waals surface area contributed by atoms with Gasteiger partial charge in [0.15, 0.2) is 6.29 Å². The molecule has 0 saturated carbocycles. The van der Waals surface area contributed by atoms with Crippen LogP contribution in [0.1, 0.15) is 28.4 Å². The lowest BCUT2D eigenvalue weighted by Gasteiger charge is -2.35. The number of benzene rings is 3. The summed E-state index contributed by atoms with van der Waals surface area (Å²) in [5.74, 6) is -0.644.